The van der Waals surface area contributed by atoms with Crippen molar-refractivity contribution < 1.29 is 9.53 Å². The Kier molecular flexibility index (Phi) is 5.27. The first-order valence-corrected chi connectivity index (χ1v) is 8.67. The summed E-state index contributed by atoms with van der Waals surface area (Å²) >= 11 is 7.29. The lowest BCUT2D eigenvalue weighted by Crippen LogP contribution is -2.45. The Hall–Kier alpha value is -1.47. The molecule has 1 aliphatic heterocycles. The molecule has 0 aliphatic carbocycles. The molecule has 3 rings (SSSR count). The van der Waals surface area contributed by atoms with Crippen LogP contribution in [-0.4, -0.2) is 43.2 Å². The molecule has 1 aliphatic rings. The van der Waals surface area contributed by atoms with E-state index in [9.17, 15) is 4.79 Å². The number of aromatic nitrogens is 1. The molecule has 1 aromatic carbocycles. The average molecular weight is 352 g/mol. The van der Waals surface area contributed by atoms with Gasteiger partial charge < -0.3 is 15.4 Å². The van der Waals surface area contributed by atoms with E-state index < -0.39 is 0 Å². The summed E-state index contributed by atoms with van der Waals surface area (Å²) in [7, 11) is 0. The van der Waals surface area contributed by atoms with Gasteiger partial charge in [-0.2, -0.15) is 0 Å². The maximum absolute atomic E-state index is 12.4. The van der Waals surface area contributed by atoms with E-state index in [1.807, 2.05) is 31.2 Å². The fourth-order valence-electron chi connectivity index (χ4n) is 2.36. The van der Waals surface area contributed by atoms with Gasteiger partial charge in [-0.25, -0.2) is 4.98 Å². The molecule has 0 bridgehead atoms. The Balaban J connectivity index is 1.67. The number of benzene rings is 1. The molecule has 1 aromatic heterocycles. The van der Waals surface area contributed by atoms with Crippen LogP contribution in [0.15, 0.2) is 24.3 Å². The van der Waals surface area contributed by atoms with Gasteiger partial charge in [-0.3, -0.25) is 4.79 Å². The van der Waals surface area contributed by atoms with Crippen LogP contribution < -0.4 is 10.6 Å². The zero-order valence-electron chi connectivity index (χ0n) is 12.8. The number of morpholine rings is 1. The number of ether oxygens (including phenoxy) is 1. The Morgan fingerprint density at radius 3 is 2.96 bits per heavy atom. The van der Waals surface area contributed by atoms with Crippen LogP contribution in [0.25, 0.3) is 10.6 Å². The second-order valence-electron chi connectivity index (χ2n) is 5.35. The third-order valence-corrected chi connectivity index (χ3v) is 5.05. The number of thiazole rings is 1. The predicted molar refractivity (Wildman–Crippen MR) is 92.2 cm³/mol. The van der Waals surface area contributed by atoms with Crippen molar-refractivity contribution in [2.75, 3.05) is 26.2 Å². The van der Waals surface area contributed by atoms with Gasteiger partial charge in [0.15, 0.2) is 0 Å². The summed E-state index contributed by atoms with van der Waals surface area (Å²) in [6.45, 7) is 4.66. The minimum Gasteiger partial charge on any atom is -0.374 e. The van der Waals surface area contributed by atoms with E-state index in [0.29, 0.717) is 23.1 Å². The number of hydrogen-bond donors (Lipinski definition) is 2. The van der Waals surface area contributed by atoms with Crippen molar-refractivity contribution in [3.63, 3.8) is 0 Å². The molecule has 23 heavy (non-hydrogen) atoms. The van der Waals surface area contributed by atoms with Crippen molar-refractivity contribution in [1.82, 2.24) is 15.6 Å². The molecule has 1 atom stereocenters. The highest BCUT2D eigenvalue weighted by Gasteiger charge is 2.19. The van der Waals surface area contributed by atoms with E-state index in [1.54, 1.807) is 0 Å². The number of hydrogen-bond acceptors (Lipinski definition) is 5. The normalized spacial score (nSPS) is 17.9. The van der Waals surface area contributed by atoms with Gasteiger partial charge in [-0.15, -0.1) is 11.3 Å². The van der Waals surface area contributed by atoms with Gasteiger partial charge in [0.25, 0.3) is 5.91 Å². The van der Waals surface area contributed by atoms with Gasteiger partial charge in [0.05, 0.1) is 18.4 Å². The zero-order valence-corrected chi connectivity index (χ0v) is 14.3. The highest BCUT2D eigenvalue weighted by molar-refractivity contribution is 7.17. The highest BCUT2D eigenvalue weighted by atomic mass is 35.5. The maximum atomic E-state index is 12.4. The molecule has 0 saturated carbocycles. The fourth-order valence-corrected chi connectivity index (χ4v) is 3.47. The van der Waals surface area contributed by atoms with Crippen molar-refractivity contribution in [3.8, 4) is 10.6 Å². The number of carbonyl (C=O) groups is 1. The number of nitrogens with one attached hydrogen (secondary N) is 2. The molecule has 1 fully saturated rings. The maximum Gasteiger partial charge on any atom is 0.263 e. The monoisotopic (exact) mass is 351 g/mol. The van der Waals surface area contributed by atoms with Crippen LogP contribution in [0.5, 0.6) is 0 Å². The lowest BCUT2D eigenvalue weighted by molar-refractivity contribution is 0.0287. The van der Waals surface area contributed by atoms with Gasteiger partial charge in [0.2, 0.25) is 0 Å². The highest BCUT2D eigenvalue weighted by Crippen LogP contribution is 2.28. The predicted octanol–water partition coefficient (Wildman–Crippen LogP) is 2.49. The summed E-state index contributed by atoms with van der Waals surface area (Å²) in [6.07, 6.45) is 0.0247. The topological polar surface area (TPSA) is 63.2 Å². The molecular formula is C16H18ClN3O2S. The van der Waals surface area contributed by atoms with Gasteiger partial charge in [0, 0.05) is 30.2 Å². The summed E-state index contributed by atoms with van der Waals surface area (Å²) in [5.74, 6) is -0.102. The SMILES string of the molecule is Cc1nc(-c2ccc(Cl)cc2)sc1C(=O)NCC1CNCCO1. The van der Waals surface area contributed by atoms with E-state index in [-0.39, 0.29) is 12.0 Å². The summed E-state index contributed by atoms with van der Waals surface area (Å²) in [4.78, 5) is 17.5. The van der Waals surface area contributed by atoms with Crippen molar-refractivity contribution in [2.24, 2.45) is 0 Å². The van der Waals surface area contributed by atoms with Gasteiger partial charge >= 0.3 is 0 Å². The van der Waals surface area contributed by atoms with Crippen molar-refractivity contribution in [3.05, 3.63) is 39.9 Å². The summed E-state index contributed by atoms with van der Waals surface area (Å²) in [5, 5.41) is 7.67. The molecule has 7 heteroatoms. The molecule has 0 radical (unpaired) electrons. The van der Waals surface area contributed by atoms with Crippen LogP contribution >= 0.6 is 22.9 Å². The van der Waals surface area contributed by atoms with E-state index >= 15 is 0 Å². The standard InChI is InChI=1S/C16H18ClN3O2S/c1-10-14(15(21)19-9-13-8-18-6-7-22-13)23-16(20-10)11-2-4-12(17)5-3-11/h2-5,13,18H,6-9H2,1H3,(H,19,21). The molecule has 2 N–H and O–H groups in total. The Morgan fingerprint density at radius 1 is 1.48 bits per heavy atom. The largest absolute Gasteiger partial charge is 0.374 e. The van der Waals surface area contributed by atoms with Gasteiger partial charge in [-0.1, -0.05) is 23.7 Å². The van der Waals surface area contributed by atoms with Crippen LogP contribution in [0.4, 0.5) is 0 Å². The van der Waals surface area contributed by atoms with E-state index in [1.165, 1.54) is 11.3 Å². The van der Waals surface area contributed by atoms with Crippen molar-refractivity contribution >= 4 is 28.8 Å². The van der Waals surface area contributed by atoms with Crippen molar-refractivity contribution in [2.45, 2.75) is 13.0 Å². The van der Waals surface area contributed by atoms with Crippen LogP contribution in [0.2, 0.25) is 5.02 Å². The van der Waals surface area contributed by atoms with Crippen molar-refractivity contribution in [1.29, 1.82) is 0 Å². The molecule has 1 unspecified atom stereocenters. The third-order valence-electron chi connectivity index (χ3n) is 3.59. The number of rotatable bonds is 4. The lowest BCUT2D eigenvalue weighted by Gasteiger charge is -2.23. The second kappa shape index (κ2) is 7.40. The van der Waals surface area contributed by atoms with Crippen LogP contribution in [0, 0.1) is 6.92 Å². The summed E-state index contributed by atoms with van der Waals surface area (Å²) < 4.78 is 5.58. The minimum atomic E-state index is -0.102. The Labute approximate surface area is 144 Å². The molecule has 2 aromatic rings. The Morgan fingerprint density at radius 2 is 2.26 bits per heavy atom. The van der Waals surface area contributed by atoms with Gasteiger partial charge in [-0.05, 0) is 19.1 Å². The third kappa shape index (κ3) is 4.09. The average Bonchev–Trinajstić information content (AvgIpc) is 2.96. The first-order valence-electron chi connectivity index (χ1n) is 7.47. The van der Waals surface area contributed by atoms with E-state index in [4.69, 9.17) is 16.3 Å². The number of aryl methyl sites for hydroxylation is 1. The Bertz CT molecular complexity index is 681. The minimum absolute atomic E-state index is 0.0247. The zero-order chi connectivity index (χ0) is 16.2. The molecular weight excluding hydrogens is 334 g/mol. The number of nitrogens with zero attached hydrogens (tertiary/aromatic N) is 1. The smallest absolute Gasteiger partial charge is 0.263 e. The summed E-state index contributed by atoms with van der Waals surface area (Å²) in [5.41, 5.74) is 1.70. The van der Waals surface area contributed by atoms with Crippen LogP contribution in [-0.2, 0) is 4.74 Å². The van der Waals surface area contributed by atoms with Crippen LogP contribution in [0.1, 0.15) is 15.4 Å². The molecule has 2 heterocycles. The number of carbonyl (C=O) groups excluding carboxylic acids is 1. The molecule has 0 spiro atoms. The van der Waals surface area contributed by atoms with Crippen LogP contribution in [0.3, 0.4) is 0 Å². The molecule has 1 saturated heterocycles. The number of amides is 1. The first-order chi connectivity index (χ1) is 11.1. The first kappa shape index (κ1) is 16.4. The molecule has 1 amide bonds. The quantitative estimate of drug-likeness (QED) is 0.888. The molecule has 5 nitrogen and oxygen atoms in total. The fraction of sp³-hybridized carbons (Fsp3) is 0.375. The molecule has 122 valence electrons. The van der Waals surface area contributed by atoms with E-state index in [2.05, 4.69) is 15.6 Å². The second-order valence-corrected chi connectivity index (χ2v) is 6.78. The lowest BCUT2D eigenvalue weighted by atomic mass is 10.2. The summed E-state index contributed by atoms with van der Waals surface area (Å²) in [6, 6.07) is 7.45. The van der Waals surface area contributed by atoms with Gasteiger partial charge in [0.1, 0.15) is 9.88 Å². The van der Waals surface area contributed by atoms with E-state index in [0.717, 1.165) is 29.4 Å². The number of halogens is 1.